The van der Waals surface area contributed by atoms with Crippen molar-refractivity contribution in [2.75, 3.05) is 20.3 Å². The van der Waals surface area contributed by atoms with Crippen LogP contribution in [-0.4, -0.2) is 35.7 Å². The van der Waals surface area contributed by atoms with E-state index in [9.17, 15) is 4.79 Å². The zero-order valence-electron chi connectivity index (χ0n) is 22.1. The van der Waals surface area contributed by atoms with E-state index in [4.69, 9.17) is 14.5 Å². The smallest absolute Gasteiger partial charge is 0.251 e. The molecule has 0 bridgehead atoms. The monoisotopic (exact) mass is 499 g/mol. The van der Waals surface area contributed by atoms with Crippen LogP contribution in [0, 0.1) is 13.8 Å². The molecule has 0 radical (unpaired) electrons. The van der Waals surface area contributed by atoms with Crippen LogP contribution in [-0.2, 0) is 13.0 Å². The van der Waals surface area contributed by atoms with Crippen LogP contribution >= 0.6 is 0 Å². The number of carbonyl (C=O) groups excluding carboxylic acids is 1. The van der Waals surface area contributed by atoms with E-state index in [0.29, 0.717) is 24.5 Å². The summed E-state index contributed by atoms with van der Waals surface area (Å²) < 4.78 is 13.6. The van der Waals surface area contributed by atoms with E-state index < -0.39 is 0 Å². The number of nitrogens with zero attached hydrogens (tertiary/aromatic N) is 2. The molecule has 0 unspecified atom stereocenters. The second-order valence-corrected chi connectivity index (χ2v) is 9.44. The summed E-state index contributed by atoms with van der Waals surface area (Å²) in [5, 5.41) is 3.01. The number of unbranched alkanes of at least 4 members (excludes halogenated alkanes) is 2. The van der Waals surface area contributed by atoms with Gasteiger partial charge in [-0.15, -0.1) is 0 Å². The Bertz CT molecular complexity index is 1330. The Morgan fingerprint density at radius 1 is 0.946 bits per heavy atom. The van der Waals surface area contributed by atoms with Gasteiger partial charge in [-0.1, -0.05) is 42.3 Å². The van der Waals surface area contributed by atoms with Gasteiger partial charge in [0.1, 0.15) is 17.3 Å². The quantitative estimate of drug-likeness (QED) is 0.220. The zero-order chi connectivity index (χ0) is 26.0. The number of methoxy groups -OCH3 is 1. The molecule has 0 aliphatic rings. The van der Waals surface area contributed by atoms with E-state index >= 15 is 0 Å². The molecule has 1 aromatic heterocycles. The molecule has 1 amide bonds. The summed E-state index contributed by atoms with van der Waals surface area (Å²) in [7, 11) is 1.60. The molecule has 0 saturated carbocycles. The van der Waals surface area contributed by atoms with Crippen molar-refractivity contribution in [2.45, 2.75) is 52.5 Å². The van der Waals surface area contributed by atoms with E-state index in [-0.39, 0.29) is 5.91 Å². The van der Waals surface area contributed by atoms with Gasteiger partial charge in [0.2, 0.25) is 0 Å². The Morgan fingerprint density at radius 2 is 1.81 bits per heavy atom. The Kier molecular flexibility index (Phi) is 9.19. The van der Waals surface area contributed by atoms with Gasteiger partial charge in [0.05, 0.1) is 24.8 Å². The summed E-state index contributed by atoms with van der Waals surface area (Å²) in [6.07, 6.45) is 4.81. The van der Waals surface area contributed by atoms with Gasteiger partial charge in [-0.2, -0.15) is 0 Å². The topological polar surface area (TPSA) is 65.4 Å². The predicted molar refractivity (Wildman–Crippen MR) is 149 cm³/mol. The Labute approximate surface area is 219 Å². The third-order valence-electron chi connectivity index (χ3n) is 6.54. The van der Waals surface area contributed by atoms with Crippen molar-refractivity contribution < 1.29 is 14.3 Å². The van der Waals surface area contributed by atoms with Crippen molar-refractivity contribution >= 4 is 16.9 Å². The highest BCUT2D eigenvalue weighted by Crippen LogP contribution is 2.21. The van der Waals surface area contributed by atoms with Gasteiger partial charge in [0.25, 0.3) is 5.91 Å². The van der Waals surface area contributed by atoms with Gasteiger partial charge in [0.15, 0.2) is 0 Å². The fourth-order valence-corrected chi connectivity index (χ4v) is 4.59. The Balaban J connectivity index is 1.25. The number of carbonyl (C=O) groups is 1. The Hall–Kier alpha value is -3.80. The SMILES string of the molecule is COc1cccc(C(=O)NCCCCCc2nc3ccccc3n2CCCOc2ccc(C)cc2C)c1. The number of rotatable bonds is 13. The highest BCUT2D eigenvalue weighted by molar-refractivity contribution is 5.94. The number of fused-ring (bicyclic) bond motifs is 1. The van der Waals surface area contributed by atoms with E-state index in [1.54, 1.807) is 19.2 Å². The van der Waals surface area contributed by atoms with Crippen molar-refractivity contribution in [2.24, 2.45) is 0 Å². The molecular formula is C31H37N3O3. The number of hydrogen-bond acceptors (Lipinski definition) is 4. The van der Waals surface area contributed by atoms with E-state index in [1.807, 2.05) is 18.2 Å². The van der Waals surface area contributed by atoms with Gasteiger partial charge in [-0.3, -0.25) is 4.79 Å². The molecule has 1 N–H and O–H groups in total. The summed E-state index contributed by atoms with van der Waals surface area (Å²) in [6, 6.07) is 21.9. The minimum Gasteiger partial charge on any atom is -0.497 e. The van der Waals surface area contributed by atoms with E-state index in [0.717, 1.165) is 55.7 Å². The van der Waals surface area contributed by atoms with Crippen LogP contribution in [0.4, 0.5) is 0 Å². The highest BCUT2D eigenvalue weighted by atomic mass is 16.5. The van der Waals surface area contributed by atoms with Crippen molar-refractivity contribution in [1.82, 2.24) is 14.9 Å². The van der Waals surface area contributed by atoms with E-state index in [1.165, 1.54) is 16.6 Å². The number of ether oxygens (including phenoxy) is 2. The molecule has 37 heavy (non-hydrogen) atoms. The maximum atomic E-state index is 12.4. The fraction of sp³-hybridized carbons (Fsp3) is 0.355. The molecule has 4 rings (SSSR count). The normalized spacial score (nSPS) is 11.0. The molecule has 1 heterocycles. The van der Waals surface area contributed by atoms with Gasteiger partial charge >= 0.3 is 0 Å². The van der Waals surface area contributed by atoms with Crippen LogP contribution < -0.4 is 14.8 Å². The van der Waals surface area contributed by atoms with Crippen LogP contribution in [0.1, 0.15) is 53.0 Å². The molecule has 194 valence electrons. The molecule has 4 aromatic rings. The number of nitrogens with one attached hydrogen (secondary N) is 1. The number of aromatic nitrogens is 2. The van der Waals surface area contributed by atoms with Crippen molar-refractivity contribution in [3.8, 4) is 11.5 Å². The second kappa shape index (κ2) is 12.9. The molecular weight excluding hydrogens is 462 g/mol. The van der Waals surface area contributed by atoms with Crippen molar-refractivity contribution in [1.29, 1.82) is 0 Å². The minimum absolute atomic E-state index is 0.0660. The standard InChI is InChI=1S/C31H37N3O3/c1-23-16-17-29(24(2)21-23)37-20-10-19-34-28-14-7-6-13-27(28)33-30(34)15-5-4-8-18-32-31(35)25-11-9-12-26(22-25)36-3/h6-7,9,11-14,16-17,21-22H,4-5,8,10,15,18-20H2,1-3H3,(H,32,35). The number of hydrogen-bond donors (Lipinski definition) is 1. The lowest BCUT2D eigenvalue weighted by Gasteiger charge is -2.12. The average molecular weight is 500 g/mol. The van der Waals surface area contributed by atoms with Crippen LogP contribution in [0.3, 0.4) is 0 Å². The zero-order valence-corrected chi connectivity index (χ0v) is 22.1. The first kappa shape index (κ1) is 26.3. The Morgan fingerprint density at radius 3 is 2.65 bits per heavy atom. The van der Waals surface area contributed by atoms with Crippen molar-refractivity contribution in [3.05, 3.63) is 89.2 Å². The minimum atomic E-state index is -0.0660. The summed E-state index contributed by atoms with van der Waals surface area (Å²) in [4.78, 5) is 17.3. The summed E-state index contributed by atoms with van der Waals surface area (Å²) >= 11 is 0. The van der Waals surface area contributed by atoms with Crippen LogP contribution in [0.5, 0.6) is 11.5 Å². The third kappa shape index (κ3) is 7.13. The molecule has 0 spiro atoms. The predicted octanol–water partition coefficient (Wildman–Crippen LogP) is 6.27. The fourth-order valence-electron chi connectivity index (χ4n) is 4.59. The number of aryl methyl sites for hydroxylation is 4. The maximum absolute atomic E-state index is 12.4. The third-order valence-corrected chi connectivity index (χ3v) is 6.54. The van der Waals surface area contributed by atoms with Crippen LogP contribution in [0.15, 0.2) is 66.7 Å². The van der Waals surface area contributed by atoms with E-state index in [2.05, 4.69) is 60.1 Å². The van der Waals surface area contributed by atoms with Gasteiger partial charge < -0.3 is 19.4 Å². The summed E-state index contributed by atoms with van der Waals surface area (Å²) in [5.41, 5.74) is 5.26. The molecule has 6 heteroatoms. The van der Waals surface area contributed by atoms with Crippen LogP contribution in [0.25, 0.3) is 11.0 Å². The molecule has 0 fully saturated rings. The first-order chi connectivity index (χ1) is 18.0. The number of benzene rings is 3. The molecule has 3 aromatic carbocycles. The maximum Gasteiger partial charge on any atom is 0.251 e. The highest BCUT2D eigenvalue weighted by Gasteiger charge is 2.11. The molecule has 0 atom stereocenters. The van der Waals surface area contributed by atoms with Gasteiger partial charge in [-0.05, 0) is 75.1 Å². The summed E-state index contributed by atoms with van der Waals surface area (Å²) in [6.45, 7) is 6.39. The van der Waals surface area contributed by atoms with Gasteiger partial charge in [0, 0.05) is 25.1 Å². The number of amides is 1. The molecule has 0 aliphatic heterocycles. The number of para-hydroxylation sites is 2. The average Bonchev–Trinajstić information content (AvgIpc) is 3.26. The van der Waals surface area contributed by atoms with Crippen LogP contribution in [0.2, 0.25) is 0 Å². The van der Waals surface area contributed by atoms with Crippen molar-refractivity contribution in [3.63, 3.8) is 0 Å². The molecule has 6 nitrogen and oxygen atoms in total. The lowest BCUT2D eigenvalue weighted by atomic mass is 10.1. The lowest BCUT2D eigenvalue weighted by molar-refractivity contribution is 0.0952. The lowest BCUT2D eigenvalue weighted by Crippen LogP contribution is -2.24. The second-order valence-electron chi connectivity index (χ2n) is 9.44. The molecule has 0 saturated heterocycles. The first-order valence-electron chi connectivity index (χ1n) is 13.1. The number of imidazole rings is 1. The molecule has 0 aliphatic carbocycles. The van der Waals surface area contributed by atoms with Gasteiger partial charge in [-0.25, -0.2) is 4.98 Å². The largest absolute Gasteiger partial charge is 0.497 e. The first-order valence-corrected chi connectivity index (χ1v) is 13.1. The summed E-state index contributed by atoms with van der Waals surface area (Å²) in [5.74, 6) is 2.70.